The molecule has 1 aliphatic heterocycles. The highest BCUT2D eigenvalue weighted by atomic mass is 35.5. The molecule has 0 aliphatic carbocycles. The maximum absolute atomic E-state index is 6.22. The van der Waals surface area contributed by atoms with Gasteiger partial charge in [0.15, 0.2) is 0 Å². The van der Waals surface area contributed by atoms with Crippen LogP contribution in [0.1, 0.15) is 23.6 Å². The molecule has 3 heteroatoms. The Balaban J connectivity index is 1.80. The molecule has 0 bridgehead atoms. The zero-order valence-corrected chi connectivity index (χ0v) is 11.3. The standard InChI is InChI=1S/C16H16ClNO/c17-12-6-7-16-14(9-12)15(18)10-13(19-16)8-11-4-2-1-3-5-11/h1-7,9,13,15H,8,10,18H2. The molecule has 0 radical (unpaired) electrons. The predicted molar refractivity (Wildman–Crippen MR) is 77.6 cm³/mol. The highest BCUT2D eigenvalue weighted by Crippen LogP contribution is 2.35. The van der Waals surface area contributed by atoms with Gasteiger partial charge in [-0.25, -0.2) is 0 Å². The first kappa shape index (κ1) is 12.5. The molecule has 0 aromatic heterocycles. The fourth-order valence-corrected chi connectivity index (χ4v) is 2.74. The summed E-state index contributed by atoms with van der Waals surface area (Å²) in [7, 11) is 0. The topological polar surface area (TPSA) is 35.2 Å². The van der Waals surface area contributed by atoms with Crippen LogP contribution in [0, 0.1) is 0 Å². The second kappa shape index (κ2) is 5.24. The quantitative estimate of drug-likeness (QED) is 0.905. The van der Waals surface area contributed by atoms with Gasteiger partial charge in [0.05, 0.1) is 0 Å². The number of benzene rings is 2. The Morgan fingerprint density at radius 2 is 1.95 bits per heavy atom. The lowest BCUT2D eigenvalue weighted by Crippen LogP contribution is -2.31. The first-order valence-electron chi connectivity index (χ1n) is 6.48. The van der Waals surface area contributed by atoms with E-state index in [-0.39, 0.29) is 12.1 Å². The van der Waals surface area contributed by atoms with Gasteiger partial charge >= 0.3 is 0 Å². The van der Waals surface area contributed by atoms with Gasteiger partial charge in [0.25, 0.3) is 0 Å². The number of hydrogen-bond acceptors (Lipinski definition) is 2. The second-order valence-electron chi connectivity index (χ2n) is 4.95. The molecule has 0 saturated carbocycles. The average Bonchev–Trinajstić information content (AvgIpc) is 2.41. The minimum absolute atomic E-state index is 0.00355. The Morgan fingerprint density at radius 3 is 2.74 bits per heavy atom. The molecule has 2 N–H and O–H groups in total. The van der Waals surface area contributed by atoms with E-state index in [1.165, 1.54) is 5.56 Å². The number of fused-ring (bicyclic) bond motifs is 1. The van der Waals surface area contributed by atoms with Crippen LogP contribution >= 0.6 is 11.6 Å². The average molecular weight is 274 g/mol. The Hall–Kier alpha value is -1.51. The maximum atomic E-state index is 6.22. The molecule has 0 fully saturated rings. The van der Waals surface area contributed by atoms with Crippen molar-refractivity contribution in [2.45, 2.75) is 25.0 Å². The summed E-state index contributed by atoms with van der Waals surface area (Å²) in [5.74, 6) is 0.865. The van der Waals surface area contributed by atoms with Crippen molar-refractivity contribution in [1.29, 1.82) is 0 Å². The Labute approximate surface area is 118 Å². The van der Waals surface area contributed by atoms with Crippen molar-refractivity contribution in [3.05, 3.63) is 64.7 Å². The summed E-state index contributed by atoms with van der Waals surface area (Å²) in [5, 5.41) is 0.708. The van der Waals surface area contributed by atoms with Crippen LogP contribution in [0.25, 0.3) is 0 Å². The van der Waals surface area contributed by atoms with Gasteiger partial charge in [0.2, 0.25) is 0 Å². The van der Waals surface area contributed by atoms with E-state index in [4.69, 9.17) is 22.1 Å². The number of nitrogens with two attached hydrogens (primary N) is 1. The summed E-state index contributed by atoms with van der Waals surface area (Å²) in [6, 6.07) is 16.0. The molecule has 0 saturated heterocycles. The SMILES string of the molecule is NC1CC(Cc2ccccc2)Oc2ccc(Cl)cc21. The fraction of sp³-hybridized carbons (Fsp3) is 0.250. The maximum Gasteiger partial charge on any atom is 0.124 e. The zero-order valence-electron chi connectivity index (χ0n) is 10.6. The van der Waals surface area contributed by atoms with Crippen LogP contribution < -0.4 is 10.5 Å². The molecule has 2 atom stereocenters. The summed E-state index contributed by atoms with van der Waals surface area (Å²) >= 11 is 6.00. The third-order valence-corrected chi connectivity index (χ3v) is 3.72. The molecular formula is C16H16ClNO. The Bertz CT molecular complexity index is 570. The van der Waals surface area contributed by atoms with Crippen molar-refractivity contribution in [3.8, 4) is 5.75 Å². The number of ether oxygens (including phenoxy) is 1. The Morgan fingerprint density at radius 1 is 1.16 bits per heavy atom. The van der Waals surface area contributed by atoms with Crippen LogP contribution in [0.2, 0.25) is 5.02 Å². The van der Waals surface area contributed by atoms with Crippen LogP contribution in [-0.4, -0.2) is 6.10 Å². The molecule has 2 nitrogen and oxygen atoms in total. The third-order valence-electron chi connectivity index (χ3n) is 3.49. The molecule has 2 unspecified atom stereocenters. The summed E-state index contributed by atoms with van der Waals surface area (Å²) in [4.78, 5) is 0. The van der Waals surface area contributed by atoms with Crippen LogP contribution in [0.5, 0.6) is 5.75 Å². The number of hydrogen-bond donors (Lipinski definition) is 1. The van der Waals surface area contributed by atoms with Crippen LogP contribution in [-0.2, 0) is 6.42 Å². The molecule has 2 aromatic rings. The van der Waals surface area contributed by atoms with Crippen molar-refractivity contribution in [2.24, 2.45) is 5.73 Å². The van der Waals surface area contributed by atoms with E-state index in [9.17, 15) is 0 Å². The lowest BCUT2D eigenvalue weighted by molar-refractivity contribution is 0.159. The molecule has 19 heavy (non-hydrogen) atoms. The minimum Gasteiger partial charge on any atom is -0.490 e. The Kier molecular flexibility index (Phi) is 3.45. The molecule has 1 aliphatic rings. The van der Waals surface area contributed by atoms with E-state index in [1.54, 1.807) is 0 Å². The van der Waals surface area contributed by atoms with Gasteiger partial charge in [-0.15, -0.1) is 0 Å². The van der Waals surface area contributed by atoms with Crippen molar-refractivity contribution < 1.29 is 4.74 Å². The van der Waals surface area contributed by atoms with E-state index in [2.05, 4.69) is 12.1 Å². The molecule has 3 rings (SSSR count). The second-order valence-corrected chi connectivity index (χ2v) is 5.39. The first-order valence-corrected chi connectivity index (χ1v) is 6.86. The molecule has 0 spiro atoms. The minimum atomic E-state index is -0.00355. The van der Waals surface area contributed by atoms with Crippen LogP contribution in [0.3, 0.4) is 0 Å². The highest BCUT2D eigenvalue weighted by Gasteiger charge is 2.26. The first-order chi connectivity index (χ1) is 9.22. The van der Waals surface area contributed by atoms with Crippen molar-refractivity contribution in [2.75, 3.05) is 0 Å². The van der Waals surface area contributed by atoms with Gasteiger partial charge in [-0.1, -0.05) is 41.9 Å². The predicted octanol–water partition coefficient (Wildman–Crippen LogP) is 3.73. The van der Waals surface area contributed by atoms with Gasteiger partial charge in [0.1, 0.15) is 11.9 Å². The third kappa shape index (κ3) is 2.75. The smallest absolute Gasteiger partial charge is 0.124 e. The van der Waals surface area contributed by atoms with E-state index in [1.807, 2.05) is 36.4 Å². The molecule has 98 valence electrons. The highest BCUT2D eigenvalue weighted by molar-refractivity contribution is 6.30. The molecule has 2 aromatic carbocycles. The summed E-state index contributed by atoms with van der Waals surface area (Å²) in [6.07, 6.45) is 1.84. The van der Waals surface area contributed by atoms with Crippen molar-refractivity contribution in [3.63, 3.8) is 0 Å². The van der Waals surface area contributed by atoms with E-state index < -0.39 is 0 Å². The van der Waals surface area contributed by atoms with Gasteiger partial charge in [-0.05, 0) is 23.8 Å². The van der Waals surface area contributed by atoms with E-state index in [0.717, 1.165) is 24.2 Å². The van der Waals surface area contributed by atoms with Crippen molar-refractivity contribution in [1.82, 2.24) is 0 Å². The summed E-state index contributed by atoms with van der Waals surface area (Å²) in [6.45, 7) is 0. The van der Waals surface area contributed by atoms with Crippen LogP contribution in [0.4, 0.5) is 0 Å². The van der Waals surface area contributed by atoms with Gasteiger partial charge < -0.3 is 10.5 Å². The van der Waals surface area contributed by atoms with E-state index in [0.29, 0.717) is 5.02 Å². The largest absolute Gasteiger partial charge is 0.490 e. The van der Waals surface area contributed by atoms with E-state index >= 15 is 0 Å². The molecule has 0 amide bonds. The monoisotopic (exact) mass is 273 g/mol. The summed E-state index contributed by atoms with van der Waals surface area (Å²) < 4.78 is 6.02. The van der Waals surface area contributed by atoms with Gasteiger partial charge in [-0.2, -0.15) is 0 Å². The number of rotatable bonds is 2. The lowest BCUT2D eigenvalue weighted by Gasteiger charge is -2.30. The zero-order chi connectivity index (χ0) is 13.2. The van der Waals surface area contributed by atoms with Gasteiger partial charge in [-0.3, -0.25) is 0 Å². The normalized spacial score (nSPS) is 21.6. The van der Waals surface area contributed by atoms with Crippen molar-refractivity contribution >= 4 is 11.6 Å². The molecular weight excluding hydrogens is 258 g/mol. The molecule has 1 heterocycles. The lowest BCUT2D eigenvalue weighted by atomic mass is 9.94. The van der Waals surface area contributed by atoms with Crippen LogP contribution in [0.15, 0.2) is 48.5 Å². The summed E-state index contributed by atoms with van der Waals surface area (Å²) in [5.41, 5.74) is 8.51. The number of halogens is 1. The fourth-order valence-electron chi connectivity index (χ4n) is 2.56. The van der Waals surface area contributed by atoms with Gasteiger partial charge in [0, 0.05) is 29.5 Å².